The molecule has 0 aliphatic heterocycles. The lowest BCUT2D eigenvalue weighted by molar-refractivity contribution is -0.0364. The lowest BCUT2D eigenvalue weighted by Gasteiger charge is -2.57. The molecule has 4 aliphatic carbocycles. The summed E-state index contributed by atoms with van der Waals surface area (Å²) in [5.41, 5.74) is 2.78. The summed E-state index contributed by atoms with van der Waals surface area (Å²) in [6, 6.07) is 0. The molecular formula is C22H32. The molecule has 0 aromatic rings. The average molecular weight is 296 g/mol. The predicted molar refractivity (Wildman–Crippen MR) is 93.2 cm³/mol. The van der Waals surface area contributed by atoms with E-state index < -0.39 is 0 Å². The van der Waals surface area contributed by atoms with Crippen LogP contribution in [-0.2, 0) is 0 Å². The van der Waals surface area contributed by atoms with Crippen LogP contribution in [0.4, 0.5) is 0 Å². The highest BCUT2D eigenvalue weighted by Crippen LogP contribution is 2.66. The molecule has 0 bridgehead atoms. The fourth-order valence-electron chi connectivity index (χ4n) is 7.12. The van der Waals surface area contributed by atoms with E-state index >= 15 is 0 Å². The zero-order valence-electron chi connectivity index (χ0n) is 14.7. The average Bonchev–Trinajstić information content (AvgIpc) is 2.84. The number of rotatable bonds is 0. The van der Waals surface area contributed by atoms with Gasteiger partial charge >= 0.3 is 0 Å². The van der Waals surface area contributed by atoms with Crippen LogP contribution in [0, 0.1) is 52.8 Å². The van der Waals surface area contributed by atoms with Gasteiger partial charge in [-0.15, -0.1) is 12.3 Å². The van der Waals surface area contributed by atoms with E-state index in [9.17, 15) is 0 Å². The largest absolute Gasteiger partial charge is 0.120 e. The van der Waals surface area contributed by atoms with Crippen LogP contribution >= 0.6 is 0 Å². The SMILES string of the molecule is C#C[C@H]1CCC2C3CC=C4C[C@H](C)CC[C@]4(C)C3CC[C@@]21C. The van der Waals surface area contributed by atoms with Crippen LogP contribution in [0.3, 0.4) is 0 Å². The molecular weight excluding hydrogens is 264 g/mol. The molecule has 0 heterocycles. The van der Waals surface area contributed by atoms with Gasteiger partial charge in [0.1, 0.15) is 0 Å². The summed E-state index contributed by atoms with van der Waals surface area (Å²) in [4.78, 5) is 0. The van der Waals surface area contributed by atoms with E-state index in [-0.39, 0.29) is 0 Å². The van der Waals surface area contributed by atoms with Crippen molar-refractivity contribution < 1.29 is 0 Å². The standard InChI is InChI=1S/C22H32/c1-5-16-7-9-19-18-8-6-17-14-15(2)10-12-22(17,4)20(18)11-13-21(16,19)3/h1,6,15-16,18-20H,7-14H2,2-4H3/t15-,16+,18?,19?,20?,21-,22+/m1/s1. The molecule has 0 radical (unpaired) electrons. The zero-order chi connectivity index (χ0) is 15.5. The van der Waals surface area contributed by atoms with E-state index in [0.29, 0.717) is 16.7 Å². The summed E-state index contributed by atoms with van der Waals surface area (Å²) in [6.45, 7) is 7.58. The summed E-state index contributed by atoms with van der Waals surface area (Å²) in [5.74, 6) is 7.35. The highest BCUT2D eigenvalue weighted by molar-refractivity contribution is 5.25. The molecule has 4 rings (SSSR count). The summed E-state index contributed by atoms with van der Waals surface area (Å²) >= 11 is 0. The van der Waals surface area contributed by atoms with Crippen molar-refractivity contribution in [3.05, 3.63) is 11.6 Å². The Kier molecular flexibility index (Phi) is 3.31. The van der Waals surface area contributed by atoms with Gasteiger partial charge in [-0.2, -0.15) is 0 Å². The van der Waals surface area contributed by atoms with E-state index in [4.69, 9.17) is 6.42 Å². The number of allylic oxidation sites excluding steroid dienone is 2. The summed E-state index contributed by atoms with van der Waals surface area (Å²) in [5, 5.41) is 0. The van der Waals surface area contributed by atoms with Crippen LogP contribution in [0.5, 0.6) is 0 Å². The maximum atomic E-state index is 5.88. The molecule has 3 unspecified atom stereocenters. The van der Waals surface area contributed by atoms with Gasteiger partial charge in [0.05, 0.1) is 0 Å². The van der Waals surface area contributed by atoms with Crippen LogP contribution in [0.15, 0.2) is 11.6 Å². The minimum absolute atomic E-state index is 0.444. The Morgan fingerprint density at radius 2 is 1.91 bits per heavy atom. The molecule has 0 aromatic heterocycles. The van der Waals surface area contributed by atoms with E-state index in [0.717, 1.165) is 23.7 Å². The van der Waals surface area contributed by atoms with E-state index in [1.54, 1.807) is 0 Å². The first-order valence-corrected chi connectivity index (χ1v) is 9.64. The molecule has 7 atom stereocenters. The number of terminal acetylenes is 1. The van der Waals surface area contributed by atoms with Gasteiger partial charge in [-0.3, -0.25) is 0 Å². The molecule has 3 saturated carbocycles. The van der Waals surface area contributed by atoms with Crippen molar-refractivity contribution in [2.45, 2.75) is 72.1 Å². The third-order valence-corrected chi connectivity index (χ3v) is 8.55. The first-order valence-electron chi connectivity index (χ1n) is 9.64. The van der Waals surface area contributed by atoms with Crippen LogP contribution < -0.4 is 0 Å². The maximum absolute atomic E-state index is 5.88. The fourth-order valence-corrected chi connectivity index (χ4v) is 7.12. The van der Waals surface area contributed by atoms with Crippen molar-refractivity contribution >= 4 is 0 Å². The molecule has 120 valence electrons. The number of hydrogen-bond donors (Lipinski definition) is 0. The minimum Gasteiger partial charge on any atom is -0.120 e. The van der Waals surface area contributed by atoms with Crippen molar-refractivity contribution in [2.24, 2.45) is 40.4 Å². The van der Waals surface area contributed by atoms with Crippen molar-refractivity contribution in [1.82, 2.24) is 0 Å². The molecule has 22 heavy (non-hydrogen) atoms. The van der Waals surface area contributed by atoms with Crippen molar-refractivity contribution in [2.75, 3.05) is 0 Å². The summed E-state index contributed by atoms with van der Waals surface area (Å²) in [7, 11) is 0. The Labute approximate surface area is 137 Å². The Balaban J connectivity index is 1.67. The monoisotopic (exact) mass is 296 g/mol. The second kappa shape index (κ2) is 4.90. The molecule has 0 nitrogen and oxygen atoms in total. The summed E-state index contributed by atoms with van der Waals surface area (Å²) < 4.78 is 0. The Hall–Kier alpha value is -0.700. The highest BCUT2D eigenvalue weighted by Gasteiger charge is 2.58. The second-order valence-corrected chi connectivity index (χ2v) is 9.45. The minimum atomic E-state index is 0.444. The Morgan fingerprint density at radius 1 is 1.09 bits per heavy atom. The van der Waals surface area contributed by atoms with Crippen LogP contribution in [-0.4, -0.2) is 0 Å². The smallest absolute Gasteiger partial charge is 0.0256 e. The van der Waals surface area contributed by atoms with E-state index in [1.165, 1.54) is 51.4 Å². The van der Waals surface area contributed by atoms with Gasteiger partial charge in [-0.05, 0) is 85.9 Å². The Bertz CT molecular complexity index is 535. The molecule has 4 aliphatic rings. The van der Waals surface area contributed by atoms with Crippen molar-refractivity contribution in [1.29, 1.82) is 0 Å². The van der Waals surface area contributed by atoms with Crippen LogP contribution in [0.1, 0.15) is 72.1 Å². The molecule has 3 fully saturated rings. The normalized spacial score (nSPS) is 53.7. The maximum Gasteiger partial charge on any atom is 0.0256 e. The molecule has 0 heteroatoms. The van der Waals surface area contributed by atoms with Gasteiger partial charge in [0.2, 0.25) is 0 Å². The van der Waals surface area contributed by atoms with Gasteiger partial charge in [0.15, 0.2) is 0 Å². The third-order valence-electron chi connectivity index (χ3n) is 8.55. The predicted octanol–water partition coefficient (Wildman–Crippen LogP) is 5.83. The van der Waals surface area contributed by atoms with Crippen LogP contribution in [0.25, 0.3) is 0 Å². The molecule has 0 spiro atoms. The molecule has 0 saturated heterocycles. The van der Waals surface area contributed by atoms with Gasteiger partial charge in [-0.25, -0.2) is 0 Å². The van der Waals surface area contributed by atoms with Crippen molar-refractivity contribution in [3.63, 3.8) is 0 Å². The van der Waals surface area contributed by atoms with Gasteiger partial charge in [0, 0.05) is 5.92 Å². The second-order valence-electron chi connectivity index (χ2n) is 9.45. The lowest BCUT2D eigenvalue weighted by atomic mass is 9.47. The molecule has 0 amide bonds. The zero-order valence-corrected chi connectivity index (χ0v) is 14.7. The quantitative estimate of drug-likeness (QED) is 0.389. The van der Waals surface area contributed by atoms with E-state index in [1.807, 2.05) is 5.57 Å². The van der Waals surface area contributed by atoms with Gasteiger partial charge < -0.3 is 0 Å². The van der Waals surface area contributed by atoms with E-state index in [2.05, 4.69) is 32.8 Å². The highest BCUT2D eigenvalue weighted by atomic mass is 14.6. The number of hydrogen-bond acceptors (Lipinski definition) is 0. The molecule has 0 N–H and O–H groups in total. The first kappa shape index (κ1) is 14.9. The fraction of sp³-hybridized carbons (Fsp3) is 0.818. The number of fused-ring (bicyclic) bond motifs is 5. The lowest BCUT2D eigenvalue weighted by Crippen LogP contribution is -2.49. The third kappa shape index (κ3) is 1.84. The topological polar surface area (TPSA) is 0 Å². The van der Waals surface area contributed by atoms with Gasteiger partial charge in [0.25, 0.3) is 0 Å². The first-order chi connectivity index (χ1) is 10.5. The van der Waals surface area contributed by atoms with Crippen molar-refractivity contribution in [3.8, 4) is 12.3 Å². The van der Waals surface area contributed by atoms with Crippen LogP contribution in [0.2, 0.25) is 0 Å². The Morgan fingerprint density at radius 3 is 2.68 bits per heavy atom. The van der Waals surface area contributed by atoms with Gasteiger partial charge in [-0.1, -0.05) is 32.4 Å². The summed E-state index contributed by atoms with van der Waals surface area (Å²) in [6.07, 6.45) is 19.6. The molecule has 0 aromatic carbocycles.